The second-order valence-electron chi connectivity index (χ2n) is 3.98. The normalized spacial score (nSPS) is 10.0. The van der Waals surface area contributed by atoms with Crippen molar-refractivity contribution in [3.63, 3.8) is 0 Å². The van der Waals surface area contributed by atoms with Crippen LogP contribution in [0.2, 0.25) is 0 Å². The first-order chi connectivity index (χ1) is 10.0. The number of esters is 2. The number of pyridine rings is 2. The summed E-state index contributed by atoms with van der Waals surface area (Å²) in [4.78, 5) is 31.5. The average Bonchev–Trinajstić information content (AvgIpc) is 2.52. The highest BCUT2D eigenvalue weighted by molar-refractivity contribution is 9.10. The molecule has 2 aromatic rings. The molecule has 0 bridgehead atoms. The van der Waals surface area contributed by atoms with Crippen molar-refractivity contribution in [2.45, 2.75) is 0 Å². The van der Waals surface area contributed by atoms with Crippen LogP contribution in [0.5, 0.6) is 0 Å². The Morgan fingerprint density at radius 2 is 1.62 bits per heavy atom. The minimum atomic E-state index is -0.483. The standard InChI is InChI=1S/C14H11BrN2O4/c1-20-13(18)8-3-4-16-10(5-8)11-6-9(14(19)21-2)7-12(15)17-11/h3-7H,1-2H3. The van der Waals surface area contributed by atoms with Crippen molar-refractivity contribution in [3.05, 3.63) is 46.2 Å². The lowest BCUT2D eigenvalue weighted by Crippen LogP contribution is -2.04. The zero-order valence-electron chi connectivity index (χ0n) is 11.3. The van der Waals surface area contributed by atoms with Gasteiger partial charge in [0.1, 0.15) is 4.60 Å². The largest absolute Gasteiger partial charge is 0.465 e. The molecule has 0 aliphatic rings. The van der Waals surface area contributed by atoms with Gasteiger partial charge in [0.05, 0.1) is 36.7 Å². The molecule has 0 atom stereocenters. The molecule has 0 saturated carbocycles. The summed E-state index contributed by atoms with van der Waals surface area (Å²) in [5.74, 6) is -0.953. The summed E-state index contributed by atoms with van der Waals surface area (Å²) >= 11 is 3.23. The number of carbonyl (C=O) groups excluding carboxylic acids is 2. The molecule has 0 radical (unpaired) electrons. The molecule has 0 aliphatic carbocycles. The Hall–Kier alpha value is -2.28. The molecule has 6 nitrogen and oxygen atoms in total. The molecule has 0 fully saturated rings. The summed E-state index contributed by atoms with van der Waals surface area (Å²) in [6.07, 6.45) is 1.47. The van der Waals surface area contributed by atoms with Crippen molar-refractivity contribution in [2.75, 3.05) is 14.2 Å². The van der Waals surface area contributed by atoms with Crippen molar-refractivity contribution in [1.29, 1.82) is 0 Å². The van der Waals surface area contributed by atoms with Gasteiger partial charge in [-0.2, -0.15) is 0 Å². The predicted octanol–water partition coefficient (Wildman–Crippen LogP) is 2.48. The Kier molecular flexibility index (Phi) is 4.64. The third-order valence-electron chi connectivity index (χ3n) is 2.66. The first-order valence-electron chi connectivity index (χ1n) is 5.86. The molecule has 0 aliphatic heterocycles. The van der Waals surface area contributed by atoms with E-state index >= 15 is 0 Å². The van der Waals surface area contributed by atoms with Crippen molar-refractivity contribution in [1.82, 2.24) is 9.97 Å². The van der Waals surface area contributed by atoms with Crippen LogP contribution >= 0.6 is 15.9 Å². The van der Waals surface area contributed by atoms with Crippen LogP contribution in [-0.4, -0.2) is 36.1 Å². The topological polar surface area (TPSA) is 78.4 Å². The smallest absolute Gasteiger partial charge is 0.338 e. The van der Waals surface area contributed by atoms with E-state index in [9.17, 15) is 9.59 Å². The number of rotatable bonds is 3. The van der Waals surface area contributed by atoms with Gasteiger partial charge in [-0.1, -0.05) is 0 Å². The van der Waals surface area contributed by atoms with Crippen LogP contribution in [0.25, 0.3) is 11.4 Å². The van der Waals surface area contributed by atoms with E-state index in [1.54, 1.807) is 18.2 Å². The highest BCUT2D eigenvalue weighted by Crippen LogP contribution is 2.21. The Labute approximate surface area is 129 Å². The van der Waals surface area contributed by atoms with Gasteiger partial charge in [0.2, 0.25) is 0 Å². The van der Waals surface area contributed by atoms with Gasteiger partial charge < -0.3 is 9.47 Å². The molecule has 0 aromatic carbocycles. The average molecular weight is 351 g/mol. The summed E-state index contributed by atoms with van der Waals surface area (Å²) in [6, 6.07) is 6.16. The summed E-state index contributed by atoms with van der Waals surface area (Å²) in [5, 5.41) is 0. The highest BCUT2D eigenvalue weighted by atomic mass is 79.9. The van der Waals surface area contributed by atoms with Gasteiger partial charge in [-0.3, -0.25) is 4.98 Å². The van der Waals surface area contributed by atoms with Gasteiger partial charge >= 0.3 is 11.9 Å². The Morgan fingerprint density at radius 1 is 1.00 bits per heavy atom. The summed E-state index contributed by atoms with van der Waals surface area (Å²) in [7, 11) is 2.60. The van der Waals surface area contributed by atoms with Crippen LogP contribution in [0.1, 0.15) is 20.7 Å². The number of methoxy groups -OCH3 is 2. The van der Waals surface area contributed by atoms with E-state index < -0.39 is 11.9 Å². The quantitative estimate of drug-likeness (QED) is 0.625. The molecule has 7 heteroatoms. The molecule has 0 saturated heterocycles. The van der Waals surface area contributed by atoms with E-state index in [4.69, 9.17) is 0 Å². The SMILES string of the molecule is COC(=O)c1ccnc(-c2cc(C(=O)OC)cc(Br)n2)c1. The molecule has 0 N–H and O–H groups in total. The molecule has 2 rings (SSSR count). The lowest BCUT2D eigenvalue weighted by molar-refractivity contribution is 0.0591. The minimum absolute atomic E-state index is 0.333. The van der Waals surface area contributed by atoms with Crippen LogP contribution < -0.4 is 0 Å². The minimum Gasteiger partial charge on any atom is -0.465 e. The lowest BCUT2D eigenvalue weighted by atomic mass is 10.1. The fourth-order valence-corrected chi connectivity index (χ4v) is 2.12. The second-order valence-corrected chi connectivity index (χ2v) is 4.79. The van der Waals surface area contributed by atoms with Crippen molar-refractivity contribution < 1.29 is 19.1 Å². The monoisotopic (exact) mass is 350 g/mol. The molecule has 0 spiro atoms. The van der Waals surface area contributed by atoms with Gasteiger partial charge in [-0.05, 0) is 40.2 Å². The first-order valence-corrected chi connectivity index (χ1v) is 6.65. The highest BCUT2D eigenvalue weighted by Gasteiger charge is 2.13. The van der Waals surface area contributed by atoms with Crippen LogP contribution in [0, 0.1) is 0 Å². The first kappa shape index (κ1) is 15.1. The van der Waals surface area contributed by atoms with Gasteiger partial charge in [-0.15, -0.1) is 0 Å². The Balaban J connectivity index is 2.49. The summed E-state index contributed by atoms with van der Waals surface area (Å²) in [5.41, 5.74) is 1.57. The zero-order valence-corrected chi connectivity index (χ0v) is 12.9. The number of hydrogen-bond donors (Lipinski definition) is 0. The van der Waals surface area contributed by atoms with E-state index in [1.165, 1.54) is 26.5 Å². The molecule has 108 valence electrons. The predicted molar refractivity (Wildman–Crippen MR) is 77.8 cm³/mol. The zero-order chi connectivity index (χ0) is 15.4. The van der Waals surface area contributed by atoms with Crippen molar-refractivity contribution in [2.24, 2.45) is 0 Å². The number of ether oxygens (including phenoxy) is 2. The molecule has 2 heterocycles. The summed E-state index contributed by atoms with van der Waals surface area (Å²) in [6.45, 7) is 0. The van der Waals surface area contributed by atoms with Gasteiger partial charge in [0.15, 0.2) is 0 Å². The number of halogens is 1. The van der Waals surface area contributed by atoms with Gasteiger partial charge in [-0.25, -0.2) is 14.6 Å². The van der Waals surface area contributed by atoms with Crippen LogP contribution in [0.3, 0.4) is 0 Å². The van der Waals surface area contributed by atoms with Crippen molar-refractivity contribution >= 4 is 27.9 Å². The number of hydrogen-bond acceptors (Lipinski definition) is 6. The van der Waals surface area contributed by atoms with Crippen LogP contribution in [-0.2, 0) is 9.47 Å². The second kappa shape index (κ2) is 6.45. The third-order valence-corrected chi connectivity index (χ3v) is 3.06. The molecule has 21 heavy (non-hydrogen) atoms. The van der Waals surface area contributed by atoms with Crippen LogP contribution in [0.4, 0.5) is 0 Å². The lowest BCUT2D eigenvalue weighted by Gasteiger charge is -2.06. The van der Waals surface area contributed by atoms with E-state index in [2.05, 4.69) is 35.4 Å². The number of carbonyl (C=O) groups is 2. The number of nitrogens with zero attached hydrogens (tertiary/aromatic N) is 2. The molecular weight excluding hydrogens is 340 g/mol. The fraction of sp³-hybridized carbons (Fsp3) is 0.143. The van der Waals surface area contributed by atoms with E-state index in [0.29, 0.717) is 27.1 Å². The fourth-order valence-electron chi connectivity index (χ4n) is 1.68. The van der Waals surface area contributed by atoms with E-state index in [1.807, 2.05) is 0 Å². The van der Waals surface area contributed by atoms with Crippen molar-refractivity contribution in [3.8, 4) is 11.4 Å². The van der Waals surface area contributed by atoms with Gasteiger partial charge in [0, 0.05) is 6.20 Å². The number of aromatic nitrogens is 2. The van der Waals surface area contributed by atoms with E-state index in [0.717, 1.165) is 0 Å². The van der Waals surface area contributed by atoms with Gasteiger partial charge in [0.25, 0.3) is 0 Å². The van der Waals surface area contributed by atoms with E-state index in [-0.39, 0.29) is 0 Å². The summed E-state index contributed by atoms with van der Waals surface area (Å²) < 4.78 is 9.80. The maximum Gasteiger partial charge on any atom is 0.338 e. The Bertz CT molecular complexity index is 703. The Morgan fingerprint density at radius 3 is 2.29 bits per heavy atom. The maximum atomic E-state index is 11.6. The molecule has 2 aromatic heterocycles. The third kappa shape index (κ3) is 3.43. The molecular formula is C14H11BrN2O4. The maximum absolute atomic E-state index is 11.6. The molecule has 0 amide bonds. The van der Waals surface area contributed by atoms with Crippen LogP contribution in [0.15, 0.2) is 35.1 Å². The molecule has 0 unspecified atom stereocenters.